The first kappa shape index (κ1) is 36.3. The number of benzene rings is 2. The summed E-state index contributed by atoms with van der Waals surface area (Å²) in [7, 11) is 0. The maximum absolute atomic E-state index is 13.5. The van der Waals surface area contributed by atoms with Crippen LogP contribution in [0.25, 0.3) is 0 Å². The van der Waals surface area contributed by atoms with Gasteiger partial charge in [0.05, 0.1) is 69.0 Å². The van der Waals surface area contributed by atoms with Crippen molar-refractivity contribution in [1.82, 2.24) is 9.80 Å². The summed E-state index contributed by atoms with van der Waals surface area (Å²) in [5, 5.41) is -1.65. The van der Waals surface area contributed by atoms with Crippen LogP contribution in [-0.2, 0) is 9.53 Å². The minimum absolute atomic E-state index is 0.0703. The van der Waals surface area contributed by atoms with E-state index in [-0.39, 0.29) is 94.8 Å². The van der Waals surface area contributed by atoms with Crippen LogP contribution in [0.5, 0.6) is 0 Å². The molecule has 4 rings (SSSR count). The van der Waals surface area contributed by atoms with Gasteiger partial charge in [0, 0.05) is 6.54 Å². The average molecular weight is 780 g/mol. The van der Waals surface area contributed by atoms with Crippen molar-refractivity contribution in [3.63, 3.8) is 0 Å². The highest BCUT2D eigenvalue weighted by Crippen LogP contribution is 2.46. The molecule has 0 spiro atoms. The van der Waals surface area contributed by atoms with Crippen molar-refractivity contribution in [3.8, 4) is 0 Å². The maximum Gasteiger partial charge on any atom is 0.329 e. The Labute approximate surface area is 299 Å². The fourth-order valence-corrected chi connectivity index (χ4v) is 7.21. The number of esters is 1. The first-order chi connectivity index (χ1) is 21.3. The first-order valence-electron chi connectivity index (χ1n) is 13.9. The van der Waals surface area contributed by atoms with Crippen molar-refractivity contribution < 1.29 is 28.7 Å². The highest BCUT2D eigenvalue weighted by Gasteiger charge is 2.47. The number of carbonyl (C=O) groups excluding carboxylic acids is 5. The van der Waals surface area contributed by atoms with Crippen molar-refractivity contribution in [2.75, 3.05) is 13.2 Å². The van der Waals surface area contributed by atoms with Crippen molar-refractivity contribution >= 4 is 122 Å². The van der Waals surface area contributed by atoms with Gasteiger partial charge in [0.15, 0.2) is 0 Å². The van der Waals surface area contributed by atoms with E-state index in [1.165, 1.54) is 0 Å². The molecule has 16 heteroatoms. The lowest BCUT2D eigenvalue weighted by Crippen LogP contribution is -2.46. The van der Waals surface area contributed by atoms with Crippen LogP contribution in [0.2, 0.25) is 40.2 Å². The number of unbranched alkanes of at least 4 members (excludes halogenated alkanes) is 5. The fraction of sp³-hybridized carbons (Fsp3) is 0.414. The van der Waals surface area contributed by atoms with Gasteiger partial charge in [-0.2, -0.15) is 0 Å². The normalized spacial score (nSPS) is 14.9. The van der Waals surface area contributed by atoms with Crippen LogP contribution in [-0.4, -0.2) is 58.6 Å². The molecule has 2 aliphatic rings. The molecule has 0 N–H and O–H groups in total. The Morgan fingerprint density at radius 1 is 0.578 bits per heavy atom. The Hall–Kier alpha value is -1.49. The molecule has 2 aromatic rings. The number of hydrogen-bond donors (Lipinski definition) is 0. The van der Waals surface area contributed by atoms with E-state index in [0.29, 0.717) is 6.42 Å². The second kappa shape index (κ2) is 15.2. The maximum atomic E-state index is 13.5. The molecule has 8 nitrogen and oxygen atoms in total. The summed E-state index contributed by atoms with van der Waals surface area (Å²) < 4.78 is 5.48. The topological polar surface area (TPSA) is 101 Å². The lowest BCUT2D eigenvalue weighted by Gasteiger charge is -2.25. The Morgan fingerprint density at radius 2 is 1.00 bits per heavy atom. The predicted molar refractivity (Wildman–Crippen MR) is 176 cm³/mol. The molecule has 0 radical (unpaired) electrons. The molecule has 1 atom stereocenters. The Balaban J connectivity index is 1.52. The standard InChI is InChI=1S/C29H24Cl8N2O6/c1-2-3-4-5-8-11-45-29(44)12(39-27(42)15-16(28(39)43)20(33)24(37)23(36)19(15)32)9-6-7-10-38-25(40)13-14(26(38)41)18(31)22(35)21(34)17(13)30/h12H,2-11H2,1H3/t12-/m0/s1. The molecular weight excluding hydrogens is 756 g/mol. The third-order valence-electron chi connectivity index (χ3n) is 7.50. The highest BCUT2D eigenvalue weighted by molar-refractivity contribution is 6.56. The zero-order chi connectivity index (χ0) is 33.3. The zero-order valence-electron chi connectivity index (χ0n) is 23.5. The van der Waals surface area contributed by atoms with Crippen LogP contribution in [0.15, 0.2) is 0 Å². The SMILES string of the molecule is CCCCCCCOC(=O)[C@H](CCCCN1C(=O)c2c(Cl)c(Cl)c(Cl)c(Cl)c2C1=O)N1C(=O)c2c(Cl)c(Cl)c(Cl)c(Cl)c2C1=O. The number of hydrogen-bond acceptors (Lipinski definition) is 6. The van der Waals surface area contributed by atoms with Crippen LogP contribution in [0.3, 0.4) is 0 Å². The summed E-state index contributed by atoms with van der Waals surface area (Å²) in [5.74, 6) is -4.00. The largest absolute Gasteiger partial charge is 0.464 e. The van der Waals surface area contributed by atoms with Crippen LogP contribution < -0.4 is 0 Å². The molecule has 45 heavy (non-hydrogen) atoms. The molecule has 0 unspecified atom stereocenters. The van der Waals surface area contributed by atoms with Crippen molar-refractivity contribution in [2.45, 2.75) is 64.3 Å². The number of imide groups is 2. The first-order valence-corrected chi connectivity index (χ1v) is 16.9. The van der Waals surface area contributed by atoms with E-state index in [9.17, 15) is 24.0 Å². The quantitative estimate of drug-likeness (QED) is 0.0660. The highest BCUT2D eigenvalue weighted by atomic mass is 35.5. The molecule has 0 saturated carbocycles. The van der Waals surface area contributed by atoms with Gasteiger partial charge in [0.25, 0.3) is 23.6 Å². The number of nitrogens with zero attached hydrogens (tertiary/aromatic N) is 2. The summed E-state index contributed by atoms with van der Waals surface area (Å²) >= 11 is 49.4. The van der Waals surface area contributed by atoms with Gasteiger partial charge in [-0.3, -0.25) is 29.0 Å². The third-order valence-corrected chi connectivity index (χ3v) is 11.1. The molecule has 2 aliphatic heterocycles. The van der Waals surface area contributed by atoms with Crippen molar-refractivity contribution in [1.29, 1.82) is 0 Å². The second-order valence-electron chi connectivity index (χ2n) is 10.3. The molecule has 0 aliphatic carbocycles. The number of amides is 4. The Bertz CT molecular complexity index is 1520. The van der Waals surface area contributed by atoms with Crippen molar-refractivity contribution in [2.24, 2.45) is 0 Å². The van der Waals surface area contributed by atoms with E-state index >= 15 is 0 Å². The molecule has 4 amide bonds. The van der Waals surface area contributed by atoms with Gasteiger partial charge in [-0.15, -0.1) is 0 Å². The predicted octanol–water partition coefficient (Wildman–Crippen LogP) is 9.86. The van der Waals surface area contributed by atoms with Crippen LogP contribution in [0, 0.1) is 0 Å². The zero-order valence-corrected chi connectivity index (χ0v) is 29.6. The molecule has 0 saturated heterocycles. The second-order valence-corrected chi connectivity index (χ2v) is 13.4. The minimum atomic E-state index is -1.37. The van der Waals surface area contributed by atoms with E-state index < -0.39 is 35.6 Å². The molecule has 0 fully saturated rings. The van der Waals surface area contributed by atoms with Gasteiger partial charge < -0.3 is 4.74 Å². The molecule has 242 valence electrons. The van der Waals surface area contributed by atoms with Gasteiger partial charge in [0.1, 0.15) is 6.04 Å². The van der Waals surface area contributed by atoms with Crippen LogP contribution in [0.4, 0.5) is 0 Å². The summed E-state index contributed by atoms with van der Waals surface area (Å²) in [6.45, 7) is 2.07. The van der Waals surface area contributed by atoms with Gasteiger partial charge in [-0.05, 0) is 25.7 Å². The summed E-state index contributed by atoms with van der Waals surface area (Å²) in [6, 6.07) is -1.37. The minimum Gasteiger partial charge on any atom is -0.464 e. The van der Waals surface area contributed by atoms with Gasteiger partial charge in [0.2, 0.25) is 0 Å². The summed E-state index contributed by atoms with van der Waals surface area (Å²) in [6.07, 6.45) is 4.77. The van der Waals surface area contributed by atoms with Gasteiger partial charge >= 0.3 is 5.97 Å². The molecule has 0 bridgehead atoms. The van der Waals surface area contributed by atoms with Crippen LogP contribution in [0.1, 0.15) is 99.7 Å². The molecule has 2 heterocycles. The Kier molecular flexibility index (Phi) is 12.2. The van der Waals surface area contributed by atoms with E-state index in [1.807, 2.05) is 0 Å². The average Bonchev–Trinajstić information content (AvgIpc) is 3.42. The van der Waals surface area contributed by atoms with E-state index in [0.717, 1.165) is 35.5 Å². The van der Waals surface area contributed by atoms with E-state index in [1.54, 1.807) is 0 Å². The lowest BCUT2D eigenvalue weighted by molar-refractivity contribution is -0.148. The molecule has 2 aromatic carbocycles. The summed E-state index contributed by atoms with van der Waals surface area (Å²) in [5.41, 5.74) is -0.844. The van der Waals surface area contributed by atoms with E-state index in [2.05, 4.69) is 6.92 Å². The number of halogens is 8. The van der Waals surface area contributed by atoms with Crippen molar-refractivity contribution in [3.05, 3.63) is 62.4 Å². The van der Waals surface area contributed by atoms with Gasteiger partial charge in [-0.25, -0.2) is 4.79 Å². The number of carbonyl (C=O) groups is 5. The Morgan fingerprint density at radius 3 is 1.44 bits per heavy atom. The number of fused-ring (bicyclic) bond motifs is 2. The lowest BCUT2D eigenvalue weighted by atomic mass is 10.1. The molecular formula is C29H24Cl8N2O6. The number of ether oxygens (including phenoxy) is 1. The van der Waals surface area contributed by atoms with Gasteiger partial charge in [-0.1, -0.05) is 125 Å². The molecule has 0 aromatic heterocycles. The van der Waals surface area contributed by atoms with Crippen LogP contribution >= 0.6 is 92.8 Å². The summed E-state index contributed by atoms with van der Waals surface area (Å²) in [4.78, 5) is 68.2. The van der Waals surface area contributed by atoms with E-state index in [4.69, 9.17) is 97.5 Å². The number of rotatable bonds is 13. The smallest absolute Gasteiger partial charge is 0.329 e. The third kappa shape index (κ3) is 6.77. The fourth-order valence-electron chi connectivity index (χ4n) is 5.18. The monoisotopic (exact) mass is 776 g/mol.